The molecule has 0 N–H and O–H groups in total. The molecule has 5 nitrogen and oxygen atoms in total. The lowest BCUT2D eigenvalue weighted by Gasteiger charge is -2.61. The van der Waals surface area contributed by atoms with Crippen molar-refractivity contribution in [1.29, 1.82) is 0 Å². The van der Waals surface area contributed by atoms with E-state index in [1.807, 2.05) is 6.07 Å². The molecule has 3 aromatic rings. The van der Waals surface area contributed by atoms with E-state index in [4.69, 9.17) is 4.74 Å². The van der Waals surface area contributed by atoms with E-state index in [1.54, 1.807) is 12.3 Å². The van der Waals surface area contributed by atoms with Gasteiger partial charge in [0.15, 0.2) is 0 Å². The molecule has 0 aliphatic heterocycles. The van der Waals surface area contributed by atoms with Gasteiger partial charge < -0.3 is 4.74 Å². The molecule has 0 saturated heterocycles. The lowest BCUT2D eigenvalue weighted by atomic mass is 9.43. The molecule has 0 amide bonds. The van der Waals surface area contributed by atoms with Crippen LogP contribution in [0.1, 0.15) is 60.9 Å². The number of esters is 1. The molecule has 0 unspecified atom stereocenters. The van der Waals surface area contributed by atoms with Gasteiger partial charge in [0.2, 0.25) is 0 Å². The van der Waals surface area contributed by atoms with Gasteiger partial charge in [-0.2, -0.15) is 0 Å². The monoisotopic (exact) mass is 520 g/mol. The van der Waals surface area contributed by atoms with Crippen LogP contribution in [0.15, 0.2) is 51.9 Å². The highest BCUT2D eigenvalue weighted by atomic mass is 79.9. The van der Waals surface area contributed by atoms with Gasteiger partial charge in [-0.05, 0) is 114 Å². The Hall–Kier alpha value is -2.47. The van der Waals surface area contributed by atoms with Crippen molar-refractivity contribution in [2.45, 2.75) is 64.4 Å². The average Bonchev–Trinajstić information content (AvgIpc) is 2.79. The van der Waals surface area contributed by atoms with Crippen molar-refractivity contribution in [3.8, 4) is 0 Å². The lowest BCUT2D eigenvalue weighted by Crippen LogP contribution is -2.57. The van der Waals surface area contributed by atoms with E-state index in [0.29, 0.717) is 23.2 Å². The Bertz CT molecular complexity index is 1360. The first-order valence-corrected chi connectivity index (χ1v) is 13.0. The molecule has 1 aromatic carbocycles. The van der Waals surface area contributed by atoms with E-state index in [0.717, 1.165) is 23.7 Å². The molecule has 6 heteroatoms. The molecule has 4 fully saturated rings. The minimum Gasteiger partial charge on any atom is -0.459 e. The smallest absolute Gasteiger partial charge is 0.312 e. The number of hydrogen-bond acceptors (Lipinski definition) is 4. The molecule has 34 heavy (non-hydrogen) atoms. The molecule has 4 saturated carbocycles. The fraction of sp³-hybridized carbons (Fsp3) is 0.464. The lowest BCUT2D eigenvalue weighted by molar-refractivity contribution is -0.175. The van der Waals surface area contributed by atoms with Gasteiger partial charge in [0.05, 0.1) is 11.1 Å². The number of carbonyl (C=O) groups is 1. The van der Waals surface area contributed by atoms with Gasteiger partial charge in [0.25, 0.3) is 5.56 Å². The number of ether oxygens (including phenoxy) is 1. The Balaban J connectivity index is 1.26. The van der Waals surface area contributed by atoms with Crippen LogP contribution in [0.5, 0.6) is 0 Å². The van der Waals surface area contributed by atoms with Gasteiger partial charge in [-0.3, -0.25) is 14.0 Å². The number of benzene rings is 1. The Morgan fingerprint density at radius 2 is 1.85 bits per heavy atom. The molecule has 4 bridgehead atoms. The highest BCUT2D eigenvalue weighted by Gasteiger charge is 2.61. The van der Waals surface area contributed by atoms with Crippen LogP contribution in [0.4, 0.5) is 0 Å². The number of fused-ring (bicyclic) bond motifs is 1. The summed E-state index contributed by atoms with van der Waals surface area (Å²) >= 11 is 3.38. The largest absolute Gasteiger partial charge is 0.459 e. The van der Waals surface area contributed by atoms with Crippen LogP contribution in [-0.2, 0) is 21.6 Å². The topological polar surface area (TPSA) is 60.7 Å². The fourth-order valence-electron chi connectivity index (χ4n) is 7.40. The molecule has 0 radical (unpaired) electrons. The van der Waals surface area contributed by atoms with Gasteiger partial charge in [-0.25, -0.2) is 4.98 Å². The van der Waals surface area contributed by atoms with Crippen molar-refractivity contribution >= 4 is 27.5 Å². The Morgan fingerprint density at radius 3 is 2.59 bits per heavy atom. The molecule has 2 atom stereocenters. The summed E-state index contributed by atoms with van der Waals surface area (Å²) in [6.45, 7) is 4.37. The minimum atomic E-state index is -0.417. The molecule has 2 aromatic heterocycles. The second-order valence-electron chi connectivity index (χ2n) is 11.1. The summed E-state index contributed by atoms with van der Waals surface area (Å²) in [5, 5.41) is 0. The van der Waals surface area contributed by atoms with Crippen molar-refractivity contribution in [2.75, 3.05) is 0 Å². The van der Waals surface area contributed by atoms with Crippen molar-refractivity contribution in [1.82, 2.24) is 9.38 Å². The molecule has 7 rings (SSSR count). The van der Waals surface area contributed by atoms with E-state index in [-0.39, 0.29) is 23.6 Å². The minimum absolute atomic E-state index is 0.0361. The standard InChI is InChI=1S/C28H29BrN2O3/c1-17-3-4-21(7-18(17)2)27-10-19-8-20(11-27)13-28(12-19,16-27)26(33)34-15-23-9-25(32)31-14-22(29)5-6-24(31)30-23/h3-7,9,14,19-20H,8,10-13,15-16H2,1-2H3/t19-,20-,27?,28?/m1/s1. The van der Waals surface area contributed by atoms with Crippen LogP contribution in [0.25, 0.3) is 5.65 Å². The van der Waals surface area contributed by atoms with Crippen LogP contribution in [0.3, 0.4) is 0 Å². The Labute approximate surface area is 207 Å². The number of carbonyl (C=O) groups excluding carboxylic acids is 1. The molecular weight excluding hydrogens is 492 g/mol. The van der Waals surface area contributed by atoms with Crippen LogP contribution >= 0.6 is 15.9 Å². The highest BCUT2D eigenvalue weighted by Crippen LogP contribution is 2.66. The van der Waals surface area contributed by atoms with Gasteiger partial charge >= 0.3 is 5.97 Å². The number of aryl methyl sites for hydroxylation is 2. The highest BCUT2D eigenvalue weighted by molar-refractivity contribution is 9.10. The summed E-state index contributed by atoms with van der Waals surface area (Å²) in [6.07, 6.45) is 8.02. The quantitative estimate of drug-likeness (QED) is 0.416. The first-order chi connectivity index (χ1) is 16.3. The van der Waals surface area contributed by atoms with Crippen LogP contribution in [-0.4, -0.2) is 15.4 Å². The summed E-state index contributed by atoms with van der Waals surface area (Å²) in [7, 11) is 0. The van der Waals surface area contributed by atoms with Gasteiger partial charge in [0, 0.05) is 16.7 Å². The van der Waals surface area contributed by atoms with Crippen LogP contribution in [0.2, 0.25) is 0 Å². The number of aromatic nitrogens is 2. The zero-order chi connectivity index (χ0) is 23.7. The second kappa shape index (κ2) is 7.77. The second-order valence-corrected chi connectivity index (χ2v) is 12.0. The first kappa shape index (κ1) is 22.0. The number of rotatable bonds is 4. The molecule has 4 aliphatic rings. The summed E-state index contributed by atoms with van der Waals surface area (Å²) in [4.78, 5) is 30.7. The molecule has 0 spiro atoms. The Kier molecular flexibility index (Phi) is 5.03. The van der Waals surface area contributed by atoms with Gasteiger partial charge in [-0.1, -0.05) is 18.2 Å². The molecule has 2 heterocycles. The van der Waals surface area contributed by atoms with E-state index >= 15 is 0 Å². The van der Waals surface area contributed by atoms with E-state index < -0.39 is 5.41 Å². The maximum atomic E-state index is 13.6. The SMILES string of the molecule is Cc1ccc(C23C[C@H]4C[C@@H](CC(C(=O)OCc5cc(=O)n6cc(Br)ccc6n5)(C4)C2)C3)cc1C. The zero-order valence-electron chi connectivity index (χ0n) is 19.6. The maximum Gasteiger partial charge on any atom is 0.312 e. The third kappa shape index (κ3) is 3.53. The van der Waals surface area contributed by atoms with Crippen molar-refractivity contribution in [3.63, 3.8) is 0 Å². The average molecular weight is 521 g/mol. The Morgan fingerprint density at radius 1 is 1.09 bits per heavy atom. The molecular formula is C28H29BrN2O3. The predicted octanol–water partition coefficient (Wildman–Crippen LogP) is 5.66. The van der Waals surface area contributed by atoms with Gasteiger partial charge in [0.1, 0.15) is 12.3 Å². The third-order valence-corrected chi connectivity index (χ3v) is 9.11. The normalized spacial score (nSPS) is 29.5. The van der Waals surface area contributed by atoms with Crippen molar-refractivity contribution in [2.24, 2.45) is 17.3 Å². The zero-order valence-corrected chi connectivity index (χ0v) is 21.2. The fourth-order valence-corrected chi connectivity index (χ4v) is 7.74. The summed E-state index contributed by atoms with van der Waals surface area (Å²) in [5.41, 5.74) is 4.56. The number of pyridine rings is 1. The number of hydrogen-bond donors (Lipinski definition) is 0. The summed E-state index contributed by atoms with van der Waals surface area (Å²) < 4.78 is 8.20. The maximum absolute atomic E-state index is 13.6. The number of nitrogens with zero attached hydrogens (tertiary/aromatic N) is 2. The van der Waals surface area contributed by atoms with E-state index in [2.05, 4.69) is 53.0 Å². The number of halogens is 1. The van der Waals surface area contributed by atoms with E-state index in [1.165, 1.54) is 46.4 Å². The summed E-state index contributed by atoms with van der Waals surface area (Å²) in [6, 6.07) is 12.0. The molecule has 4 aliphatic carbocycles. The van der Waals surface area contributed by atoms with Crippen LogP contribution < -0.4 is 5.56 Å². The van der Waals surface area contributed by atoms with Crippen LogP contribution in [0, 0.1) is 31.1 Å². The predicted molar refractivity (Wildman–Crippen MR) is 134 cm³/mol. The summed E-state index contributed by atoms with van der Waals surface area (Å²) in [5.74, 6) is 1.06. The third-order valence-electron chi connectivity index (χ3n) is 8.64. The van der Waals surface area contributed by atoms with Gasteiger partial charge in [-0.15, -0.1) is 0 Å². The first-order valence-electron chi connectivity index (χ1n) is 12.2. The van der Waals surface area contributed by atoms with Crippen molar-refractivity contribution < 1.29 is 9.53 Å². The molecule has 176 valence electrons. The van der Waals surface area contributed by atoms with E-state index in [9.17, 15) is 9.59 Å². The van der Waals surface area contributed by atoms with Crippen molar-refractivity contribution in [3.05, 3.63) is 79.8 Å².